The summed E-state index contributed by atoms with van der Waals surface area (Å²) in [6, 6.07) is 3.10. The average molecular weight is 356 g/mol. The Morgan fingerprint density at radius 3 is 2.54 bits per heavy atom. The molecule has 0 bridgehead atoms. The second kappa shape index (κ2) is 6.89. The number of halogens is 1. The lowest BCUT2D eigenvalue weighted by atomic mass is 9.90. The normalized spacial score (nSPS) is 20.3. The maximum atomic E-state index is 12.7. The van der Waals surface area contributed by atoms with Crippen molar-refractivity contribution in [3.63, 3.8) is 0 Å². The van der Waals surface area contributed by atoms with E-state index in [4.69, 9.17) is 21.1 Å². The molecule has 0 aromatic heterocycles. The Kier molecular flexibility index (Phi) is 5.28. The fourth-order valence-electron chi connectivity index (χ4n) is 2.68. The van der Waals surface area contributed by atoms with Gasteiger partial charge in [-0.1, -0.05) is 11.6 Å². The van der Waals surface area contributed by atoms with Crippen LogP contribution < -0.4 is 9.47 Å². The van der Waals surface area contributed by atoms with Gasteiger partial charge in [0.1, 0.15) is 0 Å². The van der Waals surface area contributed by atoms with Gasteiger partial charge in [-0.25, -0.2) is 0 Å². The van der Waals surface area contributed by atoms with Crippen LogP contribution in [0.4, 0.5) is 0 Å². The number of hydrogen-bond acceptors (Lipinski definition) is 4. The van der Waals surface area contributed by atoms with Crippen molar-refractivity contribution in [1.29, 1.82) is 0 Å². The average Bonchev–Trinajstić information content (AvgIpc) is 2.92. The van der Waals surface area contributed by atoms with Crippen molar-refractivity contribution < 1.29 is 24.2 Å². The monoisotopic (exact) mass is 355 g/mol. The molecule has 0 radical (unpaired) electrons. The van der Waals surface area contributed by atoms with E-state index in [1.165, 1.54) is 18.1 Å². The van der Waals surface area contributed by atoms with Gasteiger partial charge in [0.2, 0.25) is 0 Å². The van der Waals surface area contributed by atoms with Gasteiger partial charge in [-0.05, 0) is 39.3 Å². The van der Waals surface area contributed by atoms with Crippen molar-refractivity contribution in [2.45, 2.75) is 33.3 Å². The Morgan fingerprint density at radius 1 is 1.38 bits per heavy atom. The third-order valence-electron chi connectivity index (χ3n) is 4.11. The van der Waals surface area contributed by atoms with Crippen molar-refractivity contribution in [3.8, 4) is 11.5 Å². The lowest BCUT2D eigenvalue weighted by Crippen LogP contribution is -2.34. The Labute approximate surface area is 146 Å². The lowest BCUT2D eigenvalue weighted by Gasteiger charge is -2.21. The summed E-state index contributed by atoms with van der Waals surface area (Å²) in [5, 5.41) is 9.58. The summed E-state index contributed by atoms with van der Waals surface area (Å²) in [4.78, 5) is 25.6. The van der Waals surface area contributed by atoms with Gasteiger partial charge in [-0.3, -0.25) is 9.59 Å². The van der Waals surface area contributed by atoms with E-state index in [0.717, 1.165) is 0 Å². The predicted octanol–water partition coefficient (Wildman–Crippen LogP) is 3.07. The first-order chi connectivity index (χ1) is 11.2. The molecule has 24 heavy (non-hydrogen) atoms. The van der Waals surface area contributed by atoms with E-state index in [1.54, 1.807) is 13.0 Å². The number of carboxylic acid groups (broad SMARTS) is 1. The second-order valence-corrected chi connectivity index (χ2v) is 6.91. The van der Waals surface area contributed by atoms with Crippen LogP contribution in [0.1, 0.15) is 37.6 Å². The number of likely N-dealkylation sites (tertiary alicyclic amines) is 1. The van der Waals surface area contributed by atoms with Crippen LogP contribution in [-0.4, -0.2) is 48.2 Å². The summed E-state index contributed by atoms with van der Waals surface area (Å²) >= 11 is 6.24. The summed E-state index contributed by atoms with van der Waals surface area (Å²) in [5.74, 6) is -0.396. The highest BCUT2D eigenvalue weighted by molar-refractivity contribution is 6.32. The Bertz CT molecular complexity index is 661. The molecule has 1 heterocycles. The van der Waals surface area contributed by atoms with Gasteiger partial charge in [-0.15, -0.1) is 0 Å². The first kappa shape index (κ1) is 18.4. The minimum Gasteiger partial charge on any atom is -0.493 e. The second-order valence-electron chi connectivity index (χ2n) is 6.50. The molecular formula is C17H22ClNO5. The number of hydrogen-bond donors (Lipinski definition) is 1. The first-order valence-corrected chi connectivity index (χ1v) is 8.12. The molecule has 1 saturated heterocycles. The van der Waals surface area contributed by atoms with Crippen LogP contribution in [-0.2, 0) is 4.79 Å². The molecule has 0 saturated carbocycles. The van der Waals surface area contributed by atoms with E-state index < -0.39 is 11.4 Å². The zero-order valence-corrected chi connectivity index (χ0v) is 15.0. The summed E-state index contributed by atoms with van der Waals surface area (Å²) in [7, 11) is 1.48. The Morgan fingerprint density at radius 2 is 2.04 bits per heavy atom. The molecule has 1 N–H and O–H groups in total. The van der Waals surface area contributed by atoms with Gasteiger partial charge in [0.05, 0.1) is 23.7 Å². The number of ether oxygens (including phenoxy) is 2. The number of rotatable bonds is 5. The molecule has 1 aromatic carbocycles. The molecule has 6 nitrogen and oxygen atoms in total. The van der Waals surface area contributed by atoms with Crippen LogP contribution in [0, 0.1) is 5.41 Å². The van der Waals surface area contributed by atoms with Crippen molar-refractivity contribution in [3.05, 3.63) is 22.7 Å². The van der Waals surface area contributed by atoms with E-state index in [1.807, 2.05) is 13.8 Å². The summed E-state index contributed by atoms with van der Waals surface area (Å²) in [6.07, 6.45) is 0.334. The summed E-state index contributed by atoms with van der Waals surface area (Å²) in [6.45, 7) is 5.95. The maximum Gasteiger partial charge on any atom is 0.311 e. The molecule has 7 heteroatoms. The number of aliphatic carboxylic acids is 1. The van der Waals surface area contributed by atoms with Crippen molar-refractivity contribution >= 4 is 23.5 Å². The van der Waals surface area contributed by atoms with Crippen LogP contribution >= 0.6 is 11.6 Å². The quantitative estimate of drug-likeness (QED) is 0.878. The van der Waals surface area contributed by atoms with Gasteiger partial charge >= 0.3 is 5.97 Å². The third kappa shape index (κ3) is 3.59. The van der Waals surface area contributed by atoms with Crippen LogP contribution in [0.25, 0.3) is 0 Å². The third-order valence-corrected chi connectivity index (χ3v) is 4.39. The number of carboxylic acids is 1. The molecule has 1 unspecified atom stereocenters. The zero-order chi connectivity index (χ0) is 18.1. The topological polar surface area (TPSA) is 76.1 Å². The van der Waals surface area contributed by atoms with Gasteiger partial charge in [0.15, 0.2) is 11.5 Å². The highest BCUT2D eigenvalue weighted by atomic mass is 35.5. The first-order valence-electron chi connectivity index (χ1n) is 7.75. The van der Waals surface area contributed by atoms with E-state index in [9.17, 15) is 14.7 Å². The molecule has 0 spiro atoms. The van der Waals surface area contributed by atoms with Crippen LogP contribution in [0.3, 0.4) is 0 Å². The molecular weight excluding hydrogens is 334 g/mol. The summed E-state index contributed by atoms with van der Waals surface area (Å²) < 4.78 is 10.9. The molecule has 0 aliphatic carbocycles. The van der Waals surface area contributed by atoms with Crippen molar-refractivity contribution in [2.75, 3.05) is 20.2 Å². The van der Waals surface area contributed by atoms with E-state index >= 15 is 0 Å². The fourth-order valence-corrected chi connectivity index (χ4v) is 2.94. The van der Waals surface area contributed by atoms with Gasteiger partial charge < -0.3 is 19.5 Å². The van der Waals surface area contributed by atoms with Gasteiger partial charge in [0, 0.05) is 18.7 Å². The molecule has 1 fully saturated rings. The van der Waals surface area contributed by atoms with Crippen LogP contribution in [0.5, 0.6) is 11.5 Å². The largest absolute Gasteiger partial charge is 0.493 e. The maximum absolute atomic E-state index is 12.7. The summed E-state index contributed by atoms with van der Waals surface area (Å²) in [5.41, 5.74) is -0.563. The number of methoxy groups -OCH3 is 1. The molecule has 1 amide bonds. The number of nitrogens with zero attached hydrogens (tertiary/aromatic N) is 1. The van der Waals surface area contributed by atoms with Gasteiger partial charge in [-0.2, -0.15) is 0 Å². The molecule has 132 valence electrons. The minimum atomic E-state index is -0.912. The molecule has 1 aliphatic heterocycles. The highest BCUT2D eigenvalue weighted by Crippen LogP contribution is 2.38. The minimum absolute atomic E-state index is 0.0900. The number of amides is 1. The SMILES string of the molecule is COc1cc(C(=O)N2CCC(C)(C(=O)O)C2)cc(Cl)c1OC(C)C. The van der Waals surface area contributed by atoms with Crippen LogP contribution in [0.15, 0.2) is 12.1 Å². The van der Waals surface area contributed by atoms with Gasteiger partial charge in [0.25, 0.3) is 5.91 Å². The van der Waals surface area contributed by atoms with Crippen LogP contribution in [0.2, 0.25) is 5.02 Å². The predicted molar refractivity (Wildman–Crippen MR) is 90.0 cm³/mol. The number of carbonyl (C=O) groups is 2. The molecule has 2 rings (SSSR count). The number of carbonyl (C=O) groups excluding carboxylic acids is 1. The van der Waals surface area contributed by atoms with Crippen molar-refractivity contribution in [2.24, 2.45) is 5.41 Å². The standard InChI is InChI=1S/C17H22ClNO5/c1-10(2)24-14-12(18)7-11(8-13(14)23-4)15(20)19-6-5-17(3,9-19)16(21)22/h7-8,10H,5-6,9H2,1-4H3,(H,21,22). The number of benzene rings is 1. The fraction of sp³-hybridized carbons (Fsp3) is 0.529. The highest BCUT2D eigenvalue weighted by Gasteiger charge is 2.42. The molecule has 1 aliphatic rings. The molecule has 1 aromatic rings. The van der Waals surface area contributed by atoms with Crippen molar-refractivity contribution in [1.82, 2.24) is 4.90 Å². The van der Waals surface area contributed by atoms with E-state index in [-0.39, 0.29) is 23.6 Å². The lowest BCUT2D eigenvalue weighted by molar-refractivity contribution is -0.147. The molecule has 1 atom stereocenters. The Balaban J connectivity index is 2.28. The Hall–Kier alpha value is -1.95. The smallest absolute Gasteiger partial charge is 0.311 e. The van der Waals surface area contributed by atoms with E-state index in [2.05, 4.69) is 0 Å². The van der Waals surface area contributed by atoms with E-state index in [0.29, 0.717) is 30.0 Å². The zero-order valence-electron chi connectivity index (χ0n) is 14.3.